The molecule has 0 unspecified atom stereocenters. The summed E-state index contributed by atoms with van der Waals surface area (Å²) in [4.78, 5) is 10.2. The Morgan fingerprint density at radius 2 is 2.50 bits per heavy atom. The van der Waals surface area contributed by atoms with E-state index in [1.165, 1.54) is 6.08 Å². The molecule has 2 heteroatoms. The van der Waals surface area contributed by atoms with Gasteiger partial charge in [-0.25, -0.2) is 4.39 Å². The molecular weight excluding hydrogens is 131 g/mol. The minimum absolute atomic E-state index is 0.158. The van der Waals surface area contributed by atoms with Crippen molar-refractivity contribution in [1.82, 2.24) is 0 Å². The van der Waals surface area contributed by atoms with Gasteiger partial charge < -0.3 is 0 Å². The standard InChI is InChI=1S/C8H9FO/c1-6-2-7(5-10)4-8(9)3-6/h2,4-6H,3H2,1H3/t6-/m1/s1. The van der Waals surface area contributed by atoms with E-state index < -0.39 is 0 Å². The Kier molecular flexibility index (Phi) is 2.00. The van der Waals surface area contributed by atoms with Gasteiger partial charge in [-0.15, -0.1) is 0 Å². The maximum Gasteiger partial charge on any atom is 0.149 e. The van der Waals surface area contributed by atoms with Crippen LogP contribution in [0.15, 0.2) is 23.6 Å². The van der Waals surface area contributed by atoms with Crippen molar-refractivity contribution < 1.29 is 9.18 Å². The second-order valence-electron chi connectivity index (χ2n) is 2.56. The predicted molar refractivity (Wildman–Crippen MR) is 37.1 cm³/mol. The van der Waals surface area contributed by atoms with Crippen molar-refractivity contribution in [3.8, 4) is 0 Å². The smallest absolute Gasteiger partial charge is 0.149 e. The van der Waals surface area contributed by atoms with E-state index in [1.807, 2.05) is 6.92 Å². The third kappa shape index (κ3) is 1.53. The SMILES string of the molecule is C[C@@H]1C=C(C=O)C=C(F)C1. The number of hydrogen-bond acceptors (Lipinski definition) is 1. The first-order valence-corrected chi connectivity index (χ1v) is 3.25. The Balaban J connectivity index is 2.81. The van der Waals surface area contributed by atoms with E-state index in [0.717, 1.165) is 0 Å². The largest absolute Gasteiger partial charge is 0.298 e. The van der Waals surface area contributed by atoms with Crippen LogP contribution in [0.2, 0.25) is 0 Å². The molecule has 0 fully saturated rings. The zero-order valence-corrected chi connectivity index (χ0v) is 5.80. The monoisotopic (exact) mass is 140 g/mol. The van der Waals surface area contributed by atoms with Crippen LogP contribution in [0.3, 0.4) is 0 Å². The summed E-state index contributed by atoms with van der Waals surface area (Å²) in [7, 11) is 0. The van der Waals surface area contributed by atoms with Crippen molar-refractivity contribution in [2.75, 3.05) is 0 Å². The summed E-state index contributed by atoms with van der Waals surface area (Å²) in [6.07, 6.45) is 4.16. The van der Waals surface area contributed by atoms with E-state index in [1.54, 1.807) is 6.08 Å². The van der Waals surface area contributed by atoms with Gasteiger partial charge in [0.25, 0.3) is 0 Å². The van der Waals surface area contributed by atoms with Gasteiger partial charge in [-0.2, -0.15) is 0 Å². The molecule has 0 aromatic carbocycles. The molecule has 0 radical (unpaired) electrons. The highest BCUT2D eigenvalue weighted by Gasteiger charge is 2.09. The lowest BCUT2D eigenvalue weighted by Gasteiger charge is -2.09. The second kappa shape index (κ2) is 2.78. The van der Waals surface area contributed by atoms with Gasteiger partial charge in [0.05, 0.1) is 0 Å². The molecule has 0 amide bonds. The maximum absolute atomic E-state index is 12.5. The first kappa shape index (κ1) is 7.19. The highest BCUT2D eigenvalue weighted by atomic mass is 19.1. The van der Waals surface area contributed by atoms with Crippen molar-refractivity contribution in [1.29, 1.82) is 0 Å². The van der Waals surface area contributed by atoms with Gasteiger partial charge in [0, 0.05) is 12.0 Å². The summed E-state index contributed by atoms with van der Waals surface area (Å²) >= 11 is 0. The van der Waals surface area contributed by atoms with Crippen molar-refractivity contribution in [3.05, 3.63) is 23.6 Å². The molecule has 1 atom stereocenters. The third-order valence-corrected chi connectivity index (χ3v) is 1.45. The lowest BCUT2D eigenvalue weighted by atomic mass is 9.98. The number of rotatable bonds is 1. The fourth-order valence-corrected chi connectivity index (χ4v) is 1.06. The van der Waals surface area contributed by atoms with Gasteiger partial charge in [-0.3, -0.25) is 4.79 Å². The van der Waals surface area contributed by atoms with Crippen molar-refractivity contribution in [2.45, 2.75) is 13.3 Å². The molecule has 0 aliphatic heterocycles. The Labute approximate surface area is 59.2 Å². The van der Waals surface area contributed by atoms with Gasteiger partial charge in [-0.1, -0.05) is 13.0 Å². The van der Waals surface area contributed by atoms with Crippen LogP contribution >= 0.6 is 0 Å². The first-order valence-electron chi connectivity index (χ1n) is 3.25. The maximum atomic E-state index is 12.5. The quantitative estimate of drug-likeness (QED) is 0.509. The average Bonchev–Trinajstić information content (AvgIpc) is 1.85. The molecule has 0 aromatic heterocycles. The summed E-state index contributed by atoms with van der Waals surface area (Å²) in [5.74, 6) is -0.0395. The van der Waals surface area contributed by atoms with Crippen molar-refractivity contribution in [2.24, 2.45) is 5.92 Å². The van der Waals surface area contributed by atoms with Crippen LogP contribution in [-0.2, 0) is 4.79 Å². The topological polar surface area (TPSA) is 17.1 Å². The van der Waals surface area contributed by atoms with E-state index in [4.69, 9.17) is 0 Å². The molecule has 0 heterocycles. The zero-order chi connectivity index (χ0) is 7.56. The Morgan fingerprint density at radius 3 is 3.00 bits per heavy atom. The normalized spacial score (nSPS) is 25.2. The summed E-state index contributed by atoms with van der Waals surface area (Å²) in [6.45, 7) is 1.88. The van der Waals surface area contributed by atoms with E-state index in [-0.39, 0.29) is 11.7 Å². The number of aldehydes is 1. The van der Waals surface area contributed by atoms with E-state index in [2.05, 4.69) is 0 Å². The summed E-state index contributed by atoms with van der Waals surface area (Å²) < 4.78 is 12.5. The van der Waals surface area contributed by atoms with Gasteiger partial charge in [-0.05, 0) is 12.0 Å². The van der Waals surface area contributed by atoms with E-state index in [9.17, 15) is 9.18 Å². The summed E-state index contributed by atoms with van der Waals surface area (Å²) in [5.41, 5.74) is 0.455. The van der Waals surface area contributed by atoms with Gasteiger partial charge in [0.1, 0.15) is 12.1 Å². The predicted octanol–water partition coefficient (Wildman–Crippen LogP) is 2.00. The molecule has 54 valence electrons. The fourth-order valence-electron chi connectivity index (χ4n) is 1.06. The molecule has 0 bridgehead atoms. The first-order chi connectivity index (χ1) is 4.72. The molecule has 0 saturated carbocycles. The van der Waals surface area contributed by atoms with Crippen LogP contribution < -0.4 is 0 Å². The minimum atomic E-state index is -0.197. The zero-order valence-electron chi connectivity index (χ0n) is 5.80. The fraction of sp³-hybridized carbons (Fsp3) is 0.375. The van der Waals surface area contributed by atoms with Crippen molar-refractivity contribution in [3.63, 3.8) is 0 Å². The molecule has 1 rings (SSSR count). The molecule has 1 aliphatic carbocycles. The number of carbonyl (C=O) groups excluding carboxylic acids is 1. The van der Waals surface area contributed by atoms with Gasteiger partial charge >= 0.3 is 0 Å². The Hall–Kier alpha value is -0.920. The summed E-state index contributed by atoms with van der Waals surface area (Å²) in [5, 5.41) is 0. The van der Waals surface area contributed by atoms with Crippen LogP contribution in [0, 0.1) is 5.92 Å². The van der Waals surface area contributed by atoms with Crippen LogP contribution in [0.25, 0.3) is 0 Å². The highest BCUT2D eigenvalue weighted by molar-refractivity contribution is 5.78. The molecule has 0 spiro atoms. The third-order valence-electron chi connectivity index (χ3n) is 1.45. The Morgan fingerprint density at radius 1 is 1.80 bits per heavy atom. The number of allylic oxidation sites excluding steroid dienone is 4. The summed E-state index contributed by atoms with van der Waals surface area (Å²) in [6, 6.07) is 0. The van der Waals surface area contributed by atoms with Crippen LogP contribution in [0.4, 0.5) is 4.39 Å². The molecule has 10 heavy (non-hydrogen) atoms. The molecule has 0 aromatic rings. The molecular formula is C8H9FO. The van der Waals surface area contributed by atoms with Crippen molar-refractivity contribution >= 4 is 6.29 Å². The number of hydrogen-bond donors (Lipinski definition) is 0. The molecule has 1 nitrogen and oxygen atoms in total. The van der Waals surface area contributed by atoms with Crippen LogP contribution in [-0.4, -0.2) is 6.29 Å². The highest BCUT2D eigenvalue weighted by Crippen LogP contribution is 2.21. The molecule has 0 N–H and O–H groups in total. The number of carbonyl (C=O) groups is 1. The lowest BCUT2D eigenvalue weighted by molar-refractivity contribution is -0.104. The van der Waals surface area contributed by atoms with Gasteiger partial charge in [0.2, 0.25) is 0 Å². The second-order valence-corrected chi connectivity index (χ2v) is 2.56. The van der Waals surface area contributed by atoms with Crippen LogP contribution in [0.1, 0.15) is 13.3 Å². The van der Waals surface area contributed by atoms with E-state index >= 15 is 0 Å². The van der Waals surface area contributed by atoms with E-state index in [0.29, 0.717) is 18.3 Å². The molecule has 1 aliphatic rings. The molecule has 0 saturated heterocycles. The van der Waals surface area contributed by atoms with Gasteiger partial charge in [0.15, 0.2) is 0 Å². The average molecular weight is 140 g/mol. The lowest BCUT2D eigenvalue weighted by Crippen LogP contribution is -1.98. The Bertz CT molecular complexity index is 203. The van der Waals surface area contributed by atoms with Crippen LogP contribution in [0.5, 0.6) is 0 Å². The number of halogens is 1. The minimum Gasteiger partial charge on any atom is -0.298 e.